The van der Waals surface area contributed by atoms with E-state index in [2.05, 4.69) is 26.1 Å². The van der Waals surface area contributed by atoms with Crippen LogP contribution in [0.1, 0.15) is 72.1 Å². The van der Waals surface area contributed by atoms with Gasteiger partial charge in [-0.2, -0.15) is 0 Å². The van der Waals surface area contributed by atoms with Crippen LogP contribution >= 0.6 is 0 Å². The zero-order valence-electron chi connectivity index (χ0n) is 13.7. The molecule has 1 aliphatic carbocycles. The molecule has 3 N–H and O–H groups in total. The average molecular weight is 282 g/mol. The van der Waals surface area contributed by atoms with Crippen LogP contribution < -0.4 is 11.1 Å². The van der Waals surface area contributed by atoms with Crippen molar-refractivity contribution in [3.8, 4) is 0 Å². The average Bonchev–Trinajstić information content (AvgIpc) is 2.44. The van der Waals surface area contributed by atoms with Gasteiger partial charge in [0.05, 0.1) is 0 Å². The maximum atomic E-state index is 12.1. The first-order chi connectivity index (χ1) is 9.54. The van der Waals surface area contributed by atoms with Gasteiger partial charge in [-0.3, -0.25) is 4.79 Å². The Balaban J connectivity index is 2.27. The zero-order chi connectivity index (χ0) is 15.0. The van der Waals surface area contributed by atoms with Crippen LogP contribution in [0.25, 0.3) is 0 Å². The van der Waals surface area contributed by atoms with Crippen LogP contribution in [0.3, 0.4) is 0 Å². The van der Waals surface area contributed by atoms with E-state index in [9.17, 15) is 4.79 Å². The van der Waals surface area contributed by atoms with E-state index in [0.717, 1.165) is 19.4 Å². The van der Waals surface area contributed by atoms with Gasteiger partial charge in [-0.1, -0.05) is 33.1 Å². The highest BCUT2D eigenvalue weighted by atomic mass is 16.1. The van der Waals surface area contributed by atoms with Gasteiger partial charge >= 0.3 is 0 Å². The summed E-state index contributed by atoms with van der Waals surface area (Å²) in [5, 5.41) is 3.22. The Kier molecular flexibility index (Phi) is 8.20. The van der Waals surface area contributed by atoms with Gasteiger partial charge in [0.15, 0.2) is 0 Å². The van der Waals surface area contributed by atoms with Crippen LogP contribution in [-0.2, 0) is 4.79 Å². The van der Waals surface area contributed by atoms with E-state index in [-0.39, 0.29) is 5.91 Å². The van der Waals surface area contributed by atoms with Crippen molar-refractivity contribution >= 4 is 5.91 Å². The monoisotopic (exact) mass is 282 g/mol. The molecule has 1 unspecified atom stereocenters. The van der Waals surface area contributed by atoms with Crippen molar-refractivity contribution in [2.75, 3.05) is 6.54 Å². The van der Waals surface area contributed by atoms with Gasteiger partial charge in [0, 0.05) is 12.5 Å². The molecule has 1 rings (SSSR count). The van der Waals surface area contributed by atoms with Crippen molar-refractivity contribution < 1.29 is 4.79 Å². The minimum absolute atomic E-state index is 0.228. The summed E-state index contributed by atoms with van der Waals surface area (Å²) in [5.74, 6) is 2.11. The summed E-state index contributed by atoms with van der Waals surface area (Å²) >= 11 is 0. The number of nitrogens with two attached hydrogens (primary N) is 1. The number of amides is 1. The number of nitrogens with one attached hydrogen (secondary N) is 1. The van der Waals surface area contributed by atoms with Gasteiger partial charge in [-0.15, -0.1) is 0 Å². The molecule has 0 aromatic carbocycles. The van der Waals surface area contributed by atoms with Crippen LogP contribution in [0.15, 0.2) is 0 Å². The molecule has 0 spiro atoms. The molecular formula is C17H34N2O. The van der Waals surface area contributed by atoms with Crippen molar-refractivity contribution in [1.82, 2.24) is 5.32 Å². The molecular weight excluding hydrogens is 248 g/mol. The largest absolute Gasteiger partial charge is 0.353 e. The highest BCUT2D eigenvalue weighted by Crippen LogP contribution is 2.26. The Morgan fingerprint density at radius 3 is 2.35 bits per heavy atom. The van der Waals surface area contributed by atoms with E-state index in [4.69, 9.17) is 5.73 Å². The number of carbonyl (C=O) groups excluding carboxylic acids is 1. The van der Waals surface area contributed by atoms with Gasteiger partial charge in [-0.05, 0) is 56.9 Å². The van der Waals surface area contributed by atoms with Crippen molar-refractivity contribution in [3.63, 3.8) is 0 Å². The fourth-order valence-electron chi connectivity index (χ4n) is 3.42. The smallest absolute Gasteiger partial charge is 0.220 e. The molecule has 0 radical (unpaired) electrons. The highest BCUT2D eigenvalue weighted by molar-refractivity contribution is 5.76. The summed E-state index contributed by atoms with van der Waals surface area (Å²) in [6, 6.07) is 0.342. The predicted octanol–water partition coefficient (Wildman–Crippen LogP) is 3.47. The third-order valence-corrected chi connectivity index (χ3v) is 4.97. The second kappa shape index (κ2) is 9.38. The molecule has 1 aliphatic rings. The molecule has 0 heterocycles. The molecule has 0 saturated heterocycles. The van der Waals surface area contributed by atoms with Crippen molar-refractivity contribution in [2.45, 2.75) is 78.2 Å². The summed E-state index contributed by atoms with van der Waals surface area (Å²) in [5.41, 5.74) is 5.65. The van der Waals surface area contributed by atoms with Gasteiger partial charge in [0.25, 0.3) is 0 Å². The summed E-state index contributed by atoms with van der Waals surface area (Å²) in [4.78, 5) is 12.1. The first-order valence-corrected chi connectivity index (χ1v) is 8.54. The van der Waals surface area contributed by atoms with Crippen LogP contribution in [-0.4, -0.2) is 18.5 Å². The molecule has 0 aromatic rings. The molecule has 0 aliphatic heterocycles. The first kappa shape index (κ1) is 17.5. The fraction of sp³-hybridized carbons (Fsp3) is 0.941. The maximum Gasteiger partial charge on any atom is 0.220 e. The molecule has 1 saturated carbocycles. The fourth-order valence-corrected chi connectivity index (χ4v) is 3.42. The first-order valence-electron chi connectivity index (χ1n) is 8.54. The second-order valence-corrected chi connectivity index (χ2v) is 6.87. The predicted molar refractivity (Wildman–Crippen MR) is 85.4 cm³/mol. The lowest BCUT2D eigenvalue weighted by molar-refractivity contribution is -0.122. The lowest BCUT2D eigenvalue weighted by Crippen LogP contribution is -2.39. The van der Waals surface area contributed by atoms with Crippen LogP contribution in [0.5, 0.6) is 0 Å². The maximum absolute atomic E-state index is 12.1. The SMILES string of the molecule is CC(C)C(CCN)CCC(=O)N[C@H](C)C1CCCCC1. The minimum Gasteiger partial charge on any atom is -0.353 e. The van der Waals surface area contributed by atoms with Gasteiger partial charge in [0.1, 0.15) is 0 Å². The molecule has 3 heteroatoms. The Bertz CT molecular complexity index is 272. The van der Waals surface area contributed by atoms with E-state index in [0.29, 0.717) is 30.2 Å². The Hall–Kier alpha value is -0.570. The van der Waals surface area contributed by atoms with Crippen LogP contribution in [0, 0.1) is 17.8 Å². The lowest BCUT2D eigenvalue weighted by atomic mass is 9.84. The van der Waals surface area contributed by atoms with E-state index in [1.165, 1.54) is 32.1 Å². The van der Waals surface area contributed by atoms with Crippen molar-refractivity contribution in [1.29, 1.82) is 0 Å². The standard InChI is InChI=1S/C17H34N2O/c1-13(2)15(11-12-18)9-10-17(20)19-14(3)16-7-5-4-6-8-16/h13-16H,4-12,18H2,1-3H3,(H,19,20)/t14-,15?/m1/s1. The van der Waals surface area contributed by atoms with E-state index >= 15 is 0 Å². The van der Waals surface area contributed by atoms with E-state index in [1.54, 1.807) is 0 Å². The van der Waals surface area contributed by atoms with Crippen LogP contribution in [0.2, 0.25) is 0 Å². The molecule has 0 bridgehead atoms. The molecule has 1 fully saturated rings. The molecule has 2 atom stereocenters. The molecule has 0 aromatic heterocycles. The molecule has 20 heavy (non-hydrogen) atoms. The number of rotatable bonds is 8. The van der Waals surface area contributed by atoms with E-state index < -0.39 is 0 Å². The Morgan fingerprint density at radius 2 is 1.80 bits per heavy atom. The lowest BCUT2D eigenvalue weighted by Gasteiger charge is -2.28. The quantitative estimate of drug-likeness (QED) is 0.716. The van der Waals surface area contributed by atoms with Gasteiger partial charge in [-0.25, -0.2) is 0 Å². The normalized spacial score (nSPS) is 19.9. The Labute approximate surface area is 125 Å². The molecule has 1 amide bonds. The third kappa shape index (κ3) is 6.25. The van der Waals surface area contributed by atoms with Crippen molar-refractivity contribution in [2.24, 2.45) is 23.5 Å². The third-order valence-electron chi connectivity index (χ3n) is 4.97. The topological polar surface area (TPSA) is 55.1 Å². The second-order valence-electron chi connectivity index (χ2n) is 6.87. The zero-order valence-corrected chi connectivity index (χ0v) is 13.7. The van der Waals surface area contributed by atoms with Crippen molar-refractivity contribution in [3.05, 3.63) is 0 Å². The van der Waals surface area contributed by atoms with Gasteiger partial charge in [0.2, 0.25) is 5.91 Å². The molecule has 118 valence electrons. The molecule has 3 nitrogen and oxygen atoms in total. The number of carbonyl (C=O) groups is 1. The number of hydrogen-bond acceptors (Lipinski definition) is 2. The summed E-state index contributed by atoms with van der Waals surface area (Å²) in [7, 11) is 0. The Morgan fingerprint density at radius 1 is 1.15 bits per heavy atom. The van der Waals surface area contributed by atoms with E-state index in [1.807, 2.05) is 0 Å². The minimum atomic E-state index is 0.228. The summed E-state index contributed by atoms with van der Waals surface area (Å²) < 4.78 is 0. The number of hydrogen-bond donors (Lipinski definition) is 2. The summed E-state index contributed by atoms with van der Waals surface area (Å²) in [6.45, 7) is 7.35. The summed E-state index contributed by atoms with van der Waals surface area (Å²) in [6.07, 6.45) is 9.24. The highest BCUT2D eigenvalue weighted by Gasteiger charge is 2.22. The van der Waals surface area contributed by atoms with Crippen LogP contribution in [0.4, 0.5) is 0 Å². The van der Waals surface area contributed by atoms with Gasteiger partial charge < -0.3 is 11.1 Å².